The standard InChI is InChI=1S/C15H19ClN2O2/c1-10-11(2)17-18(12(10)3)8-13(19)9-20-15-7-5-4-6-14(15)16/h4-7,13,19H,8-9H2,1-3H3. The van der Waals surface area contributed by atoms with Gasteiger partial charge in [0.05, 0.1) is 17.3 Å². The fraction of sp³-hybridized carbons (Fsp3) is 0.400. The second-order valence-corrected chi connectivity index (χ2v) is 5.28. The quantitative estimate of drug-likeness (QED) is 0.922. The van der Waals surface area contributed by atoms with Gasteiger partial charge in [0.1, 0.15) is 18.5 Å². The number of aryl methyl sites for hydroxylation is 1. The summed E-state index contributed by atoms with van der Waals surface area (Å²) in [5.74, 6) is 0.581. The molecule has 108 valence electrons. The highest BCUT2D eigenvalue weighted by atomic mass is 35.5. The average molecular weight is 295 g/mol. The molecule has 0 radical (unpaired) electrons. The lowest BCUT2D eigenvalue weighted by atomic mass is 10.2. The van der Waals surface area contributed by atoms with E-state index in [0.29, 0.717) is 17.3 Å². The fourth-order valence-corrected chi connectivity index (χ4v) is 2.15. The first kappa shape index (κ1) is 14.9. The van der Waals surface area contributed by atoms with Gasteiger partial charge in [-0.25, -0.2) is 0 Å². The molecule has 0 amide bonds. The van der Waals surface area contributed by atoms with E-state index >= 15 is 0 Å². The molecule has 0 bridgehead atoms. The fourth-order valence-electron chi connectivity index (χ4n) is 1.96. The number of hydrogen-bond donors (Lipinski definition) is 1. The van der Waals surface area contributed by atoms with Crippen LogP contribution in [-0.2, 0) is 6.54 Å². The normalized spacial score (nSPS) is 12.4. The van der Waals surface area contributed by atoms with Crippen LogP contribution in [0, 0.1) is 20.8 Å². The largest absolute Gasteiger partial charge is 0.489 e. The van der Waals surface area contributed by atoms with Gasteiger partial charge in [-0.05, 0) is 38.5 Å². The highest BCUT2D eigenvalue weighted by Crippen LogP contribution is 2.23. The number of para-hydroxylation sites is 1. The highest BCUT2D eigenvalue weighted by molar-refractivity contribution is 6.32. The lowest BCUT2D eigenvalue weighted by Crippen LogP contribution is -2.24. The first-order valence-electron chi connectivity index (χ1n) is 6.55. The minimum Gasteiger partial charge on any atom is -0.489 e. The summed E-state index contributed by atoms with van der Waals surface area (Å²) >= 11 is 5.99. The number of nitrogens with zero attached hydrogens (tertiary/aromatic N) is 2. The molecule has 0 aliphatic heterocycles. The number of halogens is 1. The van der Waals surface area contributed by atoms with Gasteiger partial charge in [-0.15, -0.1) is 0 Å². The molecule has 0 aliphatic carbocycles. The van der Waals surface area contributed by atoms with Gasteiger partial charge in [0.2, 0.25) is 0 Å². The molecule has 20 heavy (non-hydrogen) atoms. The van der Waals surface area contributed by atoms with Crippen molar-refractivity contribution in [1.82, 2.24) is 9.78 Å². The van der Waals surface area contributed by atoms with Crippen molar-refractivity contribution < 1.29 is 9.84 Å². The minimum absolute atomic E-state index is 0.182. The minimum atomic E-state index is -0.635. The summed E-state index contributed by atoms with van der Waals surface area (Å²) in [5, 5.41) is 15.0. The third kappa shape index (κ3) is 3.32. The number of aromatic nitrogens is 2. The zero-order valence-electron chi connectivity index (χ0n) is 11.9. The van der Waals surface area contributed by atoms with Crippen molar-refractivity contribution in [3.05, 3.63) is 46.2 Å². The van der Waals surface area contributed by atoms with Crippen molar-refractivity contribution >= 4 is 11.6 Å². The van der Waals surface area contributed by atoms with E-state index in [0.717, 1.165) is 17.0 Å². The molecule has 5 heteroatoms. The first-order chi connectivity index (χ1) is 9.49. The molecule has 1 heterocycles. The Morgan fingerprint density at radius 3 is 2.60 bits per heavy atom. The smallest absolute Gasteiger partial charge is 0.138 e. The van der Waals surface area contributed by atoms with Crippen molar-refractivity contribution in [1.29, 1.82) is 0 Å². The molecule has 1 N–H and O–H groups in total. The molecular formula is C15H19ClN2O2. The molecule has 0 spiro atoms. The maximum Gasteiger partial charge on any atom is 0.138 e. The molecule has 2 aromatic rings. The van der Waals surface area contributed by atoms with Crippen molar-refractivity contribution in [2.75, 3.05) is 6.61 Å². The van der Waals surface area contributed by atoms with Crippen molar-refractivity contribution in [2.45, 2.75) is 33.4 Å². The van der Waals surface area contributed by atoms with Crippen LogP contribution >= 0.6 is 11.6 Å². The van der Waals surface area contributed by atoms with Crippen LogP contribution in [0.4, 0.5) is 0 Å². The third-order valence-electron chi connectivity index (χ3n) is 3.39. The molecule has 1 atom stereocenters. The van der Waals surface area contributed by atoms with Gasteiger partial charge in [-0.1, -0.05) is 23.7 Å². The molecule has 2 rings (SSSR count). The topological polar surface area (TPSA) is 47.3 Å². The van der Waals surface area contributed by atoms with Crippen LogP contribution < -0.4 is 4.74 Å². The highest BCUT2D eigenvalue weighted by Gasteiger charge is 2.12. The number of rotatable bonds is 5. The van der Waals surface area contributed by atoms with Crippen LogP contribution in [-0.4, -0.2) is 27.6 Å². The summed E-state index contributed by atoms with van der Waals surface area (Å²) < 4.78 is 7.34. The van der Waals surface area contributed by atoms with E-state index in [2.05, 4.69) is 5.10 Å². The van der Waals surface area contributed by atoms with E-state index in [9.17, 15) is 5.11 Å². The van der Waals surface area contributed by atoms with Crippen LogP contribution in [0.5, 0.6) is 5.75 Å². The first-order valence-corrected chi connectivity index (χ1v) is 6.93. The van der Waals surface area contributed by atoms with E-state index < -0.39 is 6.10 Å². The molecule has 0 fully saturated rings. The van der Waals surface area contributed by atoms with Gasteiger partial charge >= 0.3 is 0 Å². The molecule has 1 aromatic carbocycles. The van der Waals surface area contributed by atoms with E-state index in [1.165, 1.54) is 0 Å². The summed E-state index contributed by atoms with van der Waals surface area (Å²) in [4.78, 5) is 0. The zero-order valence-corrected chi connectivity index (χ0v) is 12.7. The zero-order chi connectivity index (χ0) is 14.7. The molecule has 1 unspecified atom stereocenters. The van der Waals surface area contributed by atoms with Gasteiger partial charge in [0.25, 0.3) is 0 Å². The van der Waals surface area contributed by atoms with Crippen LogP contribution in [0.1, 0.15) is 17.0 Å². The molecule has 1 aromatic heterocycles. The van der Waals surface area contributed by atoms with Gasteiger partial charge in [0, 0.05) is 5.69 Å². The van der Waals surface area contributed by atoms with Crippen LogP contribution in [0.25, 0.3) is 0 Å². The second kappa shape index (κ2) is 6.29. The summed E-state index contributed by atoms with van der Waals surface area (Å²) in [6.45, 7) is 6.58. The van der Waals surface area contributed by atoms with Crippen molar-refractivity contribution in [3.8, 4) is 5.75 Å². The van der Waals surface area contributed by atoms with Crippen molar-refractivity contribution in [3.63, 3.8) is 0 Å². The summed E-state index contributed by atoms with van der Waals surface area (Å²) in [5.41, 5.74) is 3.21. The molecule has 0 saturated heterocycles. The Balaban J connectivity index is 1.94. The van der Waals surface area contributed by atoms with Gasteiger partial charge in [0.15, 0.2) is 0 Å². The molecule has 0 aliphatic rings. The SMILES string of the molecule is Cc1nn(CC(O)COc2ccccc2Cl)c(C)c1C. The molecule has 0 saturated carbocycles. The number of aliphatic hydroxyl groups excluding tert-OH is 1. The van der Waals surface area contributed by atoms with Gasteiger partial charge in [-0.2, -0.15) is 5.10 Å². The van der Waals surface area contributed by atoms with E-state index in [1.54, 1.807) is 12.1 Å². The Bertz CT molecular complexity index is 596. The van der Waals surface area contributed by atoms with Gasteiger partial charge in [-0.3, -0.25) is 4.68 Å². The summed E-state index contributed by atoms with van der Waals surface area (Å²) in [6.07, 6.45) is -0.635. The van der Waals surface area contributed by atoms with E-state index in [4.69, 9.17) is 16.3 Å². The molecular weight excluding hydrogens is 276 g/mol. The average Bonchev–Trinajstić information content (AvgIpc) is 2.65. The number of hydrogen-bond acceptors (Lipinski definition) is 3. The van der Waals surface area contributed by atoms with Crippen LogP contribution in [0.2, 0.25) is 5.02 Å². The Hall–Kier alpha value is -1.52. The van der Waals surface area contributed by atoms with E-state index in [-0.39, 0.29) is 6.61 Å². The maximum atomic E-state index is 10.1. The number of ether oxygens (including phenoxy) is 1. The third-order valence-corrected chi connectivity index (χ3v) is 3.71. The predicted molar refractivity (Wildman–Crippen MR) is 79.4 cm³/mol. The van der Waals surface area contributed by atoms with Crippen LogP contribution in [0.15, 0.2) is 24.3 Å². The molecule has 4 nitrogen and oxygen atoms in total. The Morgan fingerprint density at radius 1 is 1.30 bits per heavy atom. The lowest BCUT2D eigenvalue weighted by Gasteiger charge is -2.14. The predicted octanol–water partition coefficient (Wildman–Crippen LogP) is 2.90. The monoisotopic (exact) mass is 294 g/mol. The van der Waals surface area contributed by atoms with Crippen LogP contribution in [0.3, 0.4) is 0 Å². The second-order valence-electron chi connectivity index (χ2n) is 4.87. The summed E-state index contributed by atoms with van der Waals surface area (Å²) in [7, 11) is 0. The Labute approximate surface area is 123 Å². The lowest BCUT2D eigenvalue weighted by molar-refractivity contribution is 0.0887. The Morgan fingerprint density at radius 2 is 2.00 bits per heavy atom. The van der Waals surface area contributed by atoms with Gasteiger partial charge < -0.3 is 9.84 Å². The van der Waals surface area contributed by atoms with E-state index in [1.807, 2.05) is 37.6 Å². The number of aliphatic hydroxyl groups is 1. The number of benzene rings is 1. The Kier molecular flexibility index (Phi) is 4.68. The maximum absolute atomic E-state index is 10.1. The summed E-state index contributed by atoms with van der Waals surface area (Å²) in [6, 6.07) is 7.22. The van der Waals surface area contributed by atoms with Crippen molar-refractivity contribution in [2.24, 2.45) is 0 Å².